The van der Waals surface area contributed by atoms with Gasteiger partial charge in [0.05, 0.1) is 30.7 Å². The second-order valence-corrected chi connectivity index (χ2v) is 4.90. The minimum absolute atomic E-state index is 0.131. The number of rotatable bonds is 6. The normalized spacial score (nSPS) is 10.4. The first kappa shape index (κ1) is 16.7. The number of benzene rings is 1. The van der Waals surface area contributed by atoms with Gasteiger partial charge < -0.3 is 15.4 Å². The highest BCUT2D eigenvalue weighted by Crippen LogP contribution is 2.18. The fourth-order valence-electron chi connectivity index (χ4n) is 2.16. The Morgan fingerprint density at radius 2 is 2.13 bits per heavy atom. The van der Waals surface area contributed by atoms with Crippen LogP contribution in [0.3, 0.4) is 0 Å². The lowest BCUT2D eigenvalue weighted by Gasteiger charge is -2.09. The lowest BCUT2D eigenvalue weighted by molar-refractivity contribution is -0.115. The number of ether oxygens (including phenoxy) is 1. The van der Waals surface area contributed by atoms with Gasteiger partial charge in [0.1, 0.15) is 5.56 Å². The number of carbonyl (C=O) groups excluding carboxylic acids is 2. The zero-order valence-corrected chi connectivity index (χ0v) is 13.4. The molecule has 1 heterocycles. The van der Waals surface area contributed by atoms with Gasteiger partial charge in [0.2, 0.25) is 5.91 Å². The van der Waals surface area contributed by atoms with Crippen molar-refractivity contribution >= 4 is 17.6 Å². The summed E-state index contributed by atoms with van der Waals surface area (Å²) in [7, 11) is 1.71. The Bertz CT molecular complexity index is 709. The molecule has 0 saturated heterocycles. The minimum atomic E-state index is -0.394. The highest BCUT2D eigenvalue weighted by Gasteiger charge is 2.16. The van der Waals surface area contributed by atoms with E-state index in [1.165, 1.54) is 6.20 Å². The van der Waals surface area contributed by atoms with Gasteiger partial charge in [-0.15, -0.1) is 0 Å². The number of esters is 1. The minimum Gasteiger partial charge on any atom is -0.462 e. The van der Waals surface area contributed by atoms with Crippen molar-refractivity contribution in [3.63, 3.8) is 0 Å². The van der Waals surface area contributed by atoms with Crippen molar-refractivity contribution in [2.45, 2.75) is 13.8 Å². The standard InChI is InChI=1S/C16H20N4O3/c1-4-23-16(22)14-9-18-20(11(14)2)13-7-5-6-12(8-13)19-15(21)10-17-3/h5-9,17H,4,10H2,1-3H3,(H,19,21). The molecule has 0 bridgehead atoms. The molecule has 0 atom stereocenters. The van der Waals surface area contributed by atoms with Crippen LogP contribution in [0.15, 0.2) is 30.5 Å². The van der Waals surface area contributed by atoms with E-state index in [1.807, 2.05) is 12.1 Å². The molecule has 0 aliphatic rings. The third kappa shape index (κ3) is 3.95. The van der Waals surface area contributed by atoms with Crippen LogP contribution in [0.2, 0.25) is 0 Å². The van der Waals surface area contributed by atoms with Crippen molar-refractivity contribution in [2.75, 3.05) is 25.5 Å². The largest absolute Gasteiger partial charge is 0.462 e. The van der Waals surface area contributed by atoms with Gasteiger partial charge in [0.25, 0.3) is 0 Å². The van der Waals surface area contributed by atoms with Gasteiger partial charge in [0.15, 0.2) is 0 Å². The monoisotopic (exact) mass is 316 g/mol. The van der Waals surface area contributed by atoms with Gasteiger partial charge in [-0.05, 0) is 39.1 Å². The first-order valence-electron chi connectivity index (χ1n) is 7.33. The fourth-order valence-corrected chi connectivity index (χ4v) is 2.16. The van der Waals surface area contributed by atoms with Gasteiger partial charge in [-0.1, -0.05) is 6.07 Å². The maximum absolute atomic E-state index is 11.9. The Morgan fingerprint density at radius 1 is 1.35 bits per heavy atom. The van der Waals surface area contributed by atoms with Crippen LogP contribution in [0.1, 0.15) is 23.0 Å². The number of amides is 1. The second-order valence-electron chi connectivity index (χ2n) is 4.90. The van der Waals surface area contributed by atoms with Crippen LogP contribution in [-0.2, 0) is 9.53 Å². The number of hydrogen-bond acceptors (Lipinski definition) is 5. The third-order valence-corrected chi connectivity index (χ3v) is 3.22. The molecule has 0 aliphatic carbocycles. The summed E-state index contributed by atoms with van der Waals surface area (Å²) in [6.07, 6.45) is 1.49. The molecule has 0 unspecified atom stereocenters. The summed E-state index contributed by atoms with van der Waals surface area (Å²) in [5.41, 5.74) is 2.52. The van der Waals surface area contributed by atoms with Crippen LogP contribution >= 0.6 is 0 Å². The van der Waals surface area contributed by atoms with E-state index in [9.17, 15) is 9.59 Å². The van der Waals surface area contributed by atoms with Gasteiger partial charge in [-0.25, -0.2) is 9.48 Å². The van der Waals surface area contributed by atoms with Gasteiger partial charge >= 0.3 is 5.97 Å². The van der Waals surface area contributed by atoms with Crippen LogP contribution < -0.4 is 10.6 Å². The second kappa shape index (κ2) is 7.55. The Kier molecular flexibility index (Phi) is 5.48. The predicted molar refractivity (Wildman–Crippen MR) is 86.8 cm³/mol. The fraction of sp³-hybridized carbons (Fsp3) is 0.312. The van der Waals surface area contributed by atoms with Crippen molar-refractivity contribution in [2.24, 2.45) is 0 Å². The third-order valence-electron chi connectivity index (χ3n) is 3.22. The molecular weight excluding hydrogens is 296 g/mol. The summed E-state index contributed by atoms with van der Waals surface area (Å²) in [5.74, 6) is -0.524. The molecule has 0 aliphatic heterocycles. The summed E-state index contributed by atoms with van der Waals surface area (Å²) in [4.78, 5) is 23.5. The van der Waals surface area contributed by atoms with Crippen molar-refractivity contribution in [3.05, 3.63) is 41.7 Å². The molecule has 7 heteroatoms. The summed E-state index contributed by atoms with van der Waals surface area (Å²) in [6.45, 7) is 4.11. The molecule has 2 N–H and O–H groups in total. The van der Waals surface area contributed by atoms with Crippen LogP contribution in [0.25, 0.3) is 5.69 Å². The molecule has 0 saturated carbocycles. The number of hydrogen-bond donors (Lipinski definition) is 2. The van der Waals surface area contributed by atoms with Crippen LogP contribution in [-0.4, -0.2) is 41.9 Å². The first-order valence-corrected chi connectivity index (χ1v) is 7.33. The quantitative estimate of drug-likeness (QED) is 0.789. The van der Waals surface area contributed by atoms with Crippen molar-refractivity contribution in [1.82, 2.24) is 15.1 Å². The SMILES string of the molecule is CCOC(=O)c1cnn(-c2cccc(NC(=O)CNC)c2)c1C. The van der Waals surface area contributed by atoms with E-state index in [0.29, 0.717) is 23.6 Å². The average molecular weight is 316 g/mol. The highest BCUT2D eigenvalue weighted by atomic mass is 16.5. The van der Waals surface area contributed by atoms with E-state index in [0.717, 1.165) is 5.69 Å². The van der Waals surface area contributed by atoms with E-state index < -0.39 is 5.97 Å². The zero-order valence-electron chi connectivity index (χ0n) is 13.4. The van der Waals surface area contributed by atoms with Gasteiger partial charge in [-0.3, -0.25) is 4.79 Å². The number of aromatic nitrogens is 2. The molecule has 1 amide bonds. The lowest BCUT2D eigenvalue weighted by atomic mass is 10.2. The molecule has 7 nitrogen and oxygen atoms in total. The van der Waals surface area contributed by atoms with E-state index in [2.05, 4.69) is 15.7 Å². The number of nitrogens with one attached hydrogen (secondary N) is 2. The van der Waals surface area contributed by atoms with E-state index in [4.69, 9.17) is 4.74 Å². The van der Waals surface area contributed by atoms with E-state index in [1.54, 1.807) is 37.7 Å². The molecule has 1 aromatic carbocycles. The summed E-state index contributed by atoms with van der Waals surface area (Å²) >= 11 is 0. The topological polar surface area (TPSA) is 85.2 Å². The Hall–Kier alpha value is -2.67. The molecular formula is C16H20N4O3. The summed E-state index contributed by atoms with van der Waals surface area (Å²) in [6, 6.07) is 7.25. The van der Waals surface area contributed by atoms with E-state index in [-0.39, 0.29) is 12.5 Å². The highest BCUT2D eigenvalue weighted by molar-refractivity contribution is 5.92. The molecule has 2 rings (SSSR count). The van der Waals surface area contributed by atoms with Crippen LogP contribution in [0, 0.1) is 6.92 Å². The van der Waals surface area contributed by atoms with E-state index >= 15 is 0 Å². The Balaban J connectivity index is 2.26. The van der Waals surface area contributed by atoms with Crippen LogP contribution in [0.4, 0.5) is 5.69 Å². The number of carbonyl (C=O) groups is 2. The summed E-state index contributed by atoms with van der Waals surface area (Å²) in [5, 5.41) is 9.81. The van der Waals surface area contributed by atoms with Gasteiger partial charge in [0, 0.05) is 5.69 Å². The lowest BCUT2D eigenvalue weighted by Crippen LogP contribution is -2.25. The predicted octanol–water partition coefficient (Wildman–Crippen LogP) is 1.52. The molecule has 122 valence electrons. The Morgan fingerprint density at radius 3 is 2.83 bits per heavy atom. The maximum Gasteiger partial charge on any atom is 0.341 e. The molecule has 0 spiro atoms. The van der Waals surface area contributed by atoms with Crippen molar-refractivity contribution in [3.8, 4) is 5.69 Å². The number of likely N-dealkylation sites (N-methyl/N-ethyl adjacent to an activating group) is 1. The molecule has 0 radical (unpaired) electrons. The summed E-state index contributed by atoms with van der Waals surface area (Å²) < 4.78 is 6.64. The molecule has 23 heavy (non-hydrogen) atoms. The Labute approximate surface area is 134 Å². The van der Waals surface area contributed by atoms with Crippen LogP contribution in [0.5, 0.6) is 0 Å². The zero-order chi connectivity index (χ0) is 16.8. The number of nitrogens with zero attached hydrogens (tertiary/aromatic N) is 2. The first-order chi connectivity index (χ1) is 11.1. The number of anilines is 1. The molecule has 0 fully saturated rings. The van der Waals surface area contributed by atoms with Crippen molar-refractivity contribution < 1.29 is 14.3 Å². The van der Waals surface area contributed by atoms with Crippen molar-refractivity contribution in [1.29, 1.82) is 0 Å². The van der Waals surface area contributed by atoms with Gasteiger partial charge in [-0.2, -0.15) is 5.10 Å². The molecule has 2 aromatic rings. The maximum atomic E-state index is 11.9. The molecule has 1 aromatic heterocycles. The average Bonchev–Trinajstić information content (AvgIpc) is 2.90. The smallest absolute Gasteiger partial charge is 0.341 e.